The predicted octanol–water partition coefficient (Wildman–Crippen LogP) is 4.86. The van der Waals surface area contributed by atoms with Crippen LogP contribution in [0.25, 0.3) is 10.9 Å². The van der Waals surface area contributed by atoms with Gasteiger partial charge in [-0.3, -0.25) is 9.59 Å². The Labute approximate surface area is 187 Å². The van der Waals surface area contributed by atoms with E-state index in [1.165, 1.54) is 19.3 Å². The molecule has 1 aliphatic carbocycles. The number of aromatic nitrogens is 1. The van der Waals surface area contributed by atoms with Crippen LogP contribution in [0.3, 0.4) is 0 Å². The number of halogens is 1. The van der Waals surface area contributed by atoms with E-state index in [0.717, 1.165) is 29.3 Å². The Kier molecular flexibility index (Phi) is 6.92. The lowest BCUT2D eigenvalue weighted by Gasteiger charge is -2.24. The van der Waals surface area contributed by atoms with E-state index >= 15 is 0 Å². The number of carbonyl (C=O) groups excluding carboxylic acids is 2. The summed E-state index contributed by atoms with van der Waals surface area (Å²) in [6.45, 7) is 0.658. The number of hydrogen-bond donors (Lipinski definition) is 3. The predicted molar refractivity (Wildman–Crippen MR) is 124 cm³/mol. The Morgan fingerprint density at radius 3 is 2.58 bits per heavy atom. The average molecular weight is 438 g/mol. The number of aromatic amines is 1. The van der Waals surface area contributed by atoms with Crippen LogP contribution in [0.1, 0.15) is 48.0 Å². The molecule has 0 bridgehead atoms. The van der Waals surface area contributed by atoms with E-state index < -0.39 is 6.04 Å². The Morgan fingerprint density at radius 2 is 1.77 bits per heavy atom. The lowest BCUT2D eigenvalue weighted by molar-refractivity contribution is -0.123. The molecule has 1 aliphatic rings. The maximum Gasteiger partial charge on any atom is 0.253 e. The Hall–Kier alpha value is -2.79. The van der Waals surface area contributed by atoms with Gasteiger partial charge >= 0.3 is 0 Å². The second kappa shape index (κ2) is 10.0. The number of carbonyl (C=O) groups is 2. The molecule has 1 atom stereocenters. The second-order valence-electron chi connectivity index (χ2n) is 8.32. The number of rotatable bonds is 7. The zero-order valence-corrected chi connectivity index (χ0v) is 18.3. The van der Waals surface area contributed by atoms with Gasteiger partial charge in [-0.25, -0.2) is 0 Å². The third-order valence-corrected chi connectivity index (χ3v) is 6.46. The molecular weight excluding hydrogens is 410 g/mol. The van der Waals surface area contributed by atoms with Crippen LogP contribution in [0.4, 0.5) is 0 Å². The van der Waals surface area contributed by atoms with Gasteiger partial charge in [0.15, 0.2) is 0 Å². The molecule has 1 heterocycles. The first-order chi connectivity index (χ1) is 15.1. The Bertz CT molecular complexity index is 1060. The highest BCUT2D eigenvalue weighted by molar-refractivity contribution is 6.33. The van der Waals surface area contributed by atoms with Gasteiger partial charge in [-0.1, -0.05) is 61.2 Å². The quantitative estimate of drug-likeness (QED) is 0.493. The highest BCUT2D eigenvalue weighted by Crippen LogP contribution is 2.23. The fourth-order valence-electron chi connectivity index (χ4n) is 4.37. The van der Waals surface area contributed by atoms with E-state index in [-0.39, 0.29) is 11.8 Å². The molecule has 3 N–H and O–H groups in total. The molecule has 1 unspecified atom stereocenters. The maximum absolute atomic E-state index is 13.1. The summed E-state index contributed by atoms with van der Waals surface area (Å²) < 4.78 is 0. The van der Waals surface area contributed by atoms with E-state index in [9.17, 15) is 9.59 Å². The second-order valence-corrected chi connectivity index (χ2v) is 8.73. The molecule has 0 aliphatic heterocycles. The van der Waals surface area contributed by atoms with Gasteiger partial charge in [0.2, 0.25) is 5.91 Å². The molecule has 2 aromatic carbocycles. The molecular formula is C25H28ClN3O2. The molecule has 6 heteroatoms. The number of para-hydroxylation sites is 1. The lowest BCUT2D eigenvalue weighted by atomic mass is 9.89. The maximum atomic E-state index is 13.1. The van der Waals surface area contributed by atoms with Crippen LogP contribution in [0.15, 0.2) is 54.7 Å². The molecule has 0 saturated heterocycles. The number of H-pyrrole nitrogens is 1. The van der Waals surface area contributed by atoms with Gasteiger partial charge in [-0.15, -0.1) is 0 Å². The minimum atomic E-state index is -0.688. The Balaban J connectivity index is 1.51. The van der Waals surface area contributed by atoms with Crippen molar-refractivity contribution in [2.24, 2.45) is 5.92 Å². The van der Waals surface area contributed by atoms with E-state index in [0.29, 0.717) is 29.5 Å². The summed E-state index contributed by atoms with van der Waals surface area (Å²) in [5.41, 5.74) is 2.37. The van der Waals surface area contributed by atoms with Gasteiger partial charge in [-0.05, 0) is 42.5 Å². The standard InChI is InChI=1S/C25H28ClN3O2/c26-21-12-6-4-11-20(21)24(30)29-23(25(31)28-15-17-8-2-1-3-9-17)14-18-16-27-22-13-7-5-10-19(18)22/h4-7,10-13,16-17,23,27H,1-3,8-9,14-15H2,(H,28,31)(H,29,30). The van der Waals surface area contributed by atoms with Gasteiger partial charge in [0.1, 0.15) is 6.04 Å². The molecule has 3 aromatic rings. The van der Waals surface area contributed by atoms with Crippen LogP contribution in [0.2, 0.25) is 5.02 Å². The van der Waals surface area contributed by atoms with Crippen molar-refractivity contribution >= 4 is 34.3 Å². The first-order valence-electron chi connectivity index (χ1n) is 11.0. The molecule has 162 valence electrons. The number of fused-ring (bicyclic) bond motifs is 1. The minimum absolute atomic E-state index is 0.156. The Morgan fingerprint density at radius 1 is 1.03 bits per heavy atom. The first kappa shape index (κ1) is 21.4. The van der Waals surface area contributed by atoms with E-state index in [1.807, 2.05) is 30.5 Å². The average Bonchev–Trinajstić information content (AvgIpc) is 3.21. The number of amides is 2. The number of benzene rings is 2. The fourth-order valence-corrected chi connectivity index (χ4v) is 4.59. The van der Waals surface area contributed by atoms with Crippen LogP contribution in [-0.2, 0) is 11.2 Å². The van der Waals surface area contributed by atoms with Gasteiger partial charge in [-0.2, -0.15) is 0 Å². The largest absolute Gasteiger partial charge is 0.361 e. The summed E-state index contributed by atoms with van der Waals surface area (Å²) in [6.07, 6.45) is 8.34. The lowest BCUT2D eigenvalue weighted by Crippen LogP contribution is -2.49. The van der Waals surface area contributed by atoms with Gasteiger partial charge in [0, 0.05) is 30.1 Å². The van der Waals surface area contributed by atoms with Gasteiger partial charge in [0.05, 0.1) is 10.6 Å². The summed E-state index contributed by atoms with van der Waals surface area (Å²) in [4.78, 5) is 29.3. The van der Waals surface area contributed by atoms with Crippen molar-refractivity contribution in [1.82, 2.24) is 15.6 Å². The molecule has 1 fully saturated rings. The first-order valence-corrected chi connectivity index (χ1v) is 11.4. The highest BCUT2D eigenvalue weighted by Gasteiger charge is 2.25. The summed E-state index contributed by atoms with van der Waals surface area (Å²) in [6, 6.07) is 14.2. The zero-order chi connectivity index (χ0) is 21.6. The van der Waals surface area contributed by atoms with Crippen LogP contribution in [0.5, 0.6) is 0 Å². The highest BCUT2D eigenvalue weighted by atomic mass is 35.5. The third-order valence-electron chi connectivity index (χ3n) is 6.13. The number of hydrogen-bond acceptors (Lipinski definition) is 2. The molecule has 4 rings (SSSR count). The normalized spacial score (nSPS) is 15.5. The number of nitrogens with one attached hydrogen (secondary N) is 3. The van der Waals surface area contributed by atoms with E-state index in [2.05, 4.69) is 15.6 Å². The molecule has 1 aromatic heterocycles. The fraction of sp³-hybridized carbons (Fsp3) is 0.360. The van der Waals surface area contributed by atoms with Crippen molar-refractivity contribution < 1.29 is 9.59 Å². The van der Waals surface area contributed by atoms with Crippen molar-refractivity contribution in [1.29, 1.82) is 0 Å². The van der Waals surface area contributed by atoms with Crippen molar-refractivity contribution in [3.63, 3.8) is 0 Å². The minimum Gasteiger partial charge on any atom is -0.361 e. The van der Waals surface area contributed by atoms with Gasteiger partial charge < -0.3 is 15.6 Å². The van der Waals surface area contributed by atoms with Gasteiger partial charge in [0.25, 0.3) is 5.91 Å². The SMILES string of the molecule is O=C(NC(Cc1c[nH]c2ccccc12)C(=O)NCC1CCCCC1)c1ccccc1Cl. The molecule has 0 spiro atoms. The zero-order valence-electron chi connectivity index (χ0n) is 17.5. The topological polar surface area (TPSA) is 74.0 Å². The molecule has 31 heavy (non-hydrogen) atoms. The molecule has 1 saturated carbocycles. The van der Waals surface area contributed by atoms with Crippen LogP contribution < -0.4 is 10.6 Å². The van der Waals surface area contributed by atoms with E-state index in [1.54, 1.807) is 24.3 Å². The van der Waals surface area contributed by atoms with Crippen molar-refractivity contribution in [2.75, 3.05) is 6.54 Å². The summed E-state index contributed by atoms with van der Waals surface area (Å²) in [5, 5.41) is 7.43. The molecule has 5 nitrogen and oxygen atoms in total. The van der Waals surface area contributed by atoms with Crippen molar-refractivity contribution in [2.45, 2.75) is 44.6 Å². The third kappa shape index (κ3) is 5.28. The van der Waals surface area contributed by atoms with Crippen LogP contribution in [0, 0.1) is 5.92 Å². The summed E-state index contributed by atoms with van der Waals surface area (Å²) >= 11 is 6.20. The smallest absolute Gasteiger partial charge is 0.253 e. The monoisotopic (exact) mass is 437 g/mol. The van der Waals surface area contributed by atoms with Crippen LogP contribution in [-0.4, -0.2) is 29.4 Å². The summed E-state index contributed by atoms with van der Waals surface area (Å²) in [7, 11) is 0. The molecule has 0 radical (unpaired) electrons. The summed E-state index contributed by atoms with van der Waals surface area (Å²) in [5.74, 6) is 0.0187. The van der Waals surface area contributed by atoms with Crippen molar-refractivity contribution in [3.05, 3.63) is 70.9 Å². The van der Waals surface area contributed by atoms with E-state index in [4.69, 9.17) is 11.6 Å². The molecule has 2 amide bonds. The van der Waals surface area contributed by atoms with Crippen LogP contribution >= 0.6 is 11.6 Å². The van der Waals surface area contributed by atoms with Crippen molar-refractivity contribution in [3.8, 4) is 0 Å².